The molecule has 1 aliphatic carbocycles. The lowest BCUT2D eigenvalue weighted by molar-refractivity contribution is -0.122. The van der Waals surface area contributed by atoms with Crippen molar-refractivity contribution < 1.29 is 4.79 Å². The van der Waals surface area contributed by atoms with Crippen molar-refractivity contribution in [1.29, 1.82) is 0 Å². The van der Waals surface area contributed by atoms with Crippen LogP contribution in [0, 0.1) is 5.92 Å². The molecule has 1 unspecified atom stereocenters. The monoisotopic (exact) mass is 340 g/mol. The summed E-state index contributed by atoms with van der Waals surface area (Å²) in [6.07, 6.45) is 8.89. The van der Waals surface area contributed by atoms with Crippen LogP contribution >= 0.6 is 23.4 Å². The van der Waals surface area contributed by atoms with E-state index in [1.165, 1.54) is 37.4 Å². The molecule has 22 heavy (non-hydrogen) atoms. The number of thioether (sulfide) groups is 1. The summed E-state index contributed by atoms with van der Waals surface area (Å²) < 4.78 is 0. The molecular weight excluding hydrogens is 316 g/mol. The summed E-state index contributed by atoms with van der Waals surface area (Å²) >= 11 is 7.39. The van der Waals surface area contributed by atoms with E-state index in [9.17, 15) is 4.79 Å². The van der Waals surface area contributed by atoms with Gasteiger partial charge in [-0.3, -0.25) is 4.79 Å². The van der Waals surface area contributed by atoms with E-state index in [1.54, 1.807) is 6.20 Å². The zero-order valence-electron chi connectivity index (χ0n) is 13.3. The summed E-state index contributed by atoms with van der Waals surface area (Å²) in [5.41, 5.74) is 0. The Morgan fingerprint density at radius 1 is 1.27 bits per heavy atom. The normalized spacial score (nSPS) is 18.0. The minimum atomic E-state index is -0.114. The summed E-state index contributed by atoms with van der Waals surface area (Å²) in [5.74, 6) is 0.400. The van der Waals surface area contributed by atoms with Gasteiger partial charge in [0.05, 0.1) is 15.3 Å². The minimum Gasteiger partial charge on any atom is -0.352 e. The number of rotatable bonds is 5. The van der Waals surface area contributed by atoms with Crippen LogP contribution in [0.5, 0.6) is 0 Å². The Labute approximate surface area is 142 Å². The van der Waals surface area contributed by atoms with Gasteiger partial charge in [-0.15, -0.1) is 0 Å². The highest BCUT2D eigenvalue weighted by atomic mass is 35.5. The van der Waals surface area contributed by atoms with Crippen molar-refractivity contribution in [2.24, 2.45) is 5.92 Å². The Hall–Kier alpha value is -0.740. The predicted molar refractivity (Wildman–Crippen MR) is 93.4 cm³/mol. The molecule has 1 aromatic rings. The van der Waals surface area contributed by atoms with Gasteiger partial charge < -0.3 is 5.32 Å². The number of carbonyl (C=O) groups excluding carboxylic acids is 1. The molecule has 0 aromatic carbocycles. The number of carbonyl (C=O) groups is 1. The lowest BCUT2D eigenvalue weighted by atomic mass is 10.1. The SMILES string of the molecule is CC(C)C(Sc1ccc(Cl)cn1)C(=O)NC1CCCCCC1. The van der Waals surface area contributed by atoms with E-state index < -0.39 is 0 Å². The first kappa shape index (κ1) is 17.6. The molecule has 0 saturated heterocycles. The van der Waals surface area contributed by atoms with E-state index in [4.69, 9.17) is 11.6 Å². The highest BCUT2D eigenvalue weighted by Gasteiger charge is 2.26. The number of pyridine rings is 1. The molecule has 1 aliphatic rings. The molecule has 2 rings (SSSR count). The molecule has 0 bridgehead atoms. The van der Waals surface area contributed by atoms with Crippen LogP contribution in [0.4, 0.5) is 0 Å². The Morgan fingerprint density at radius 2 is 1.95 bits per heavy atom. The van der Waals surface area contributed by atoms with E-state index in [2.05, 4.69) is 24.1 Å². The first-order valence-electron chi connectivity index (χ1n) is 8.15. The Bertz CT molecular complexity index is 470. The average Bonchev–Trinajstić information content (AvgIpc) is 2.74. The Balaban J connectivity index is 1.97. The first-order chi connectivity index (χ1) is 10.6. The fourth-order valence-electron chi connectivity index (χ4n) is 2.76. The third kappa shape index (κ3) is 5.47. The molecule has 0 radical (unpaired) electrons. The van der Waals surface area contributed by atoms with Gasteiger partial charge in [0.2, 0.25) is 5.91 Å². The lowest BCUT2D eigenvalue weighted by Gasteiger charge is -2.23. The molecule has 122 valence electrons. The van der Waals surface area contributed by atoms with Crippen LogP contribution < -0.4 is 5.32 Å². The van der Waals surface area contributed by atoms with Gasteiger partial charge in [-0.05, 0) is 30.9 Å². The number of nitrogens with zero attached hydrogens (tertiary/aromatic N) is 1. The molecule has 1 amide bonds. The zero-order valence-corrected chi connectivity index (χ0v) is 14.9. The molecule has 1 heterocycles. The largest absolute Gasteiger partial charge is 0.352 e. The fourth-order valence-corrected chi connectivity index (χ4v) is 3.84. The quantitative estimate of drug-likeness (QED) is 0.624. The summed E-state index contributed by atoms with van der Waals surface area (Å²) in [7, 11) is 0. The number of halogens is 1. The molecule has 1 atom stereocenters. The molecule has 1 saturated carbocycles. The molecule has 0 spiro atoms. The smallest absolute Gasteiger partial charge is 0.234 e. The zero-order chi connectivity index (χ0) is 15.9. The van der Waals surface area contributed by atoms with E-state index in [-0.39, 0.29) is 17.1 Å². The maximum absolute atomic E-state index is 12.7. The van der Waals surface area contributed by atoms with E-state index in [0.717, 1.165) is 17.9 Å². The maximum atomic E-state index is 12.7. The van der Waals surface area contributed by atoms with Gasteiger partial charge in [-0.1, -0.05) is 62.9 Å². The van der Waals surface area contributed by atoms with Crippen molar-refractivity contribution in [3.63, 3.8) is 0 Å². The molecular formula is C17H25ClN2OS. The van der Waals surface area contributed by atoms with Crippen molar-refractivity contribution >= 4 is 29.3 Å². The Kier molecular flexibility index (Phi) is 7.03. The van der Waals surface area contributed by atoms with Crippen LogP contribution in [-0.2, 0) is 4.79 Å². The summed E-state index contributed by atoms with van der Waals surface area (Å²) in [5, 5.41) is 4.61. The standard InChI is InChI=1S/C17H25ClN2OS/c1-12(2)16(22-15-10-9-13(18)11-19-15)17(21)20-14-7-5-3-4-6-8-14/h9-12,14,16H,3-8H2,1-2H3,(H,20,21). The number of amides is 1. The number of aromatic nitrogens is 1. The van der Waals surface area contributed by atoms with Gasteiger partial charge in [0.1, 0.15) is 0 Å². The van der Waals surface area contributed by atoms with Crippen LogP contribution in [0.3, 0.4) is 0 Å². The van der Waals surface area contributed by atoms with Crippen molar-refractivity contribution in [3.05, 3.63) is 23.4 Å². The minimum absolute atomic E-state index is 0.114. The van der Waals surface area contributed by atoms with Crippen LogP contribution in [0.25, 0.3) is 0 Å². The second-order valence-electron chi connectivity index (χ2n) is 6.29. The van der Waals surface area contributed by atoms with Crippen LogP contribution in [-0.4, -0.2) is 22.2 Å². The first-order valence-corrected chi connectivity index (χ1v) is 9.40. The van der Waals surface area contributed by atoms with Gasteiger partial charge >= 0.3 is 0 Å². The second kappa shape index (κ2) is 8.78. The van der Waals surface area contributed by atoms with Gasteiger partial charge in [0.15, 0.2) is 0 Å². The molecule has 1 aromatic heterocycles. The van der Waals surface area contributed by atoms with E-state index in [1.807, 2.05) is 12.1 Å². The lowest BCUT2D eigenvalue weighted by Crippen LogP contribution is -2.42. The van der Waals surface area contributed by atoms with Crippen molar-refractivity contribution in [2.45, 2.75) is 68.7 Å². The van der Waals surface area contributed by atoms with Crippen LogP contribution in [0.1, 0.15) is 52.4 Å². The second-order valence-corrected chi connectivity index (χ2v) is 7.89. The maximum Gasteiger partial charge on any atom is 0.234 e. The highest BCUT2D eigenvalue weighted by Crippen LogP contribution is 2.28. The van der Waals surface area contributed by atoms with Crippen molar-refractivity contribution in [2.75, 3.05) is 0 Å². The topological polar surface area (TPSA) is 42.0 Å². The van der Waals surface area contributed by atoms with E-state index >= 15 is 0 Å². The van der Waals surface area contributed by atoms with Crippen molar-refractivity contribution in [1.82, 2.24) is 10.3 Å². The van der Waals surface area contributed by atoms with Crippen LogP contribution in [0.15, 0.2) is 23.4 Å². The predicted octanol–water partition coefficient (Wildman–Crippen LogP) is 4.69. The number of hydrogen-bond donors (Lipinski definition) is 1. The molecule has 1 N–H and O–H groups in total. The number of hydrogen-bond acceptors (Lipinski definition) is 3. The fraction of sp³-hybridized carbons (Fsp3) is 0.647. The average molecular weight is 341 g/mol. The van der Waals surface area contributed by atoms with Gasteiger partial charge in [0.25, 0.3) is 0 Å². The highest BCUT2D eigenvalue weighted by molar-refractivity contribution is 8.00. The third-order valence-electron chi connectivity index (χ3n) is 4.01. The van der Waals surface area contributed by atoms with Crippen molar-refractivity contribution in [3.8, 4) is 0 Å². The summed E-state index contributed by atoms with van der Waals surface area (Å²) in [6.45, 7) is 4.17. The van der Waals surface area contributed by atoms with E-state index in [0.29, 0.717) is 11.1 Å². The van der Waals surface area contributed by atoms with Gasteiger partial charge in [-0.2, -0.15) is 0 Å². The molecule has 3 nitrogen and oxygen atoms in total. The molecule has 5 heteroatoms. The summed E-state index contributed by atoms with van der Waals surface area (Å²) in [4.78, 5) is 16.9. The third-order valence-corrected chi connectivity index (χ3v) is 5.73. The molecule has 0 aliphatic heterocycles. The van der Waals surface area contributed by atoms with Crippen LogP contribution in [0.2, 0.25) is 5.02 Å². The molecule has 1 fully saturated rings. The Morgan fingerprint density at radius 3 is 2.50 bits per heavy atom. The van der Waals surface area contributed by atoms with Gasteiger partial charge in [-0.25, -0.2) is 4.98 Å². The summed E-state index contributed by atoms with van der Waals surface area (Å²) in [6, 6.07) is 4.04. The number of nitrogens with one attached hydrogen (secondary N) is 1. The van der Waals surface area contributed by atoms with Gasteiger partial charge in [0, 0.05) is 12.2 Å².